The number of carbonyl (C=O) groups excluding carboxylic acids is 1. The number of carbonyl (C=O) groups is 1. The van der Waals surface area contributed by atoms with Crippen LogP contribution in [0.1, 0.15) is 35.3 Å². The molecule has 2 aliphatic heterocycles. The molecule has 3 aromatic carbocycles. The molecule has 2 heterocycles. The van der Waals surface area contributed by atoms with Crippen LogP contribution in [0, 0.1) is 0 Å². The van der Waals surface area contributed by atoms with Gasteiger partial charge in [-0.05, 0) is 56.2 Å². The summed E-state index contributed by atoms with van der Waals surface area (Å²) in [6.07, 6.45) is 1.01. The number of nitrogens with one attached hydrogen (secondary N) is 4. The van der Waals surface area contributed by atoms with E-state index in [0.717, 1.165) is 22.5 Å². The van der Waals surface area contributed by atoms with Crippen LogP contribution >= 0.6 is 34.8 Å². The normalized spacial score (nSPS) is 17.0. The standard InChI is InChI=1S/C26H25Cl3N4O2/c1-26(2)13-17-21-20(31-25(32-21)33-22-18(28)4-3-5-19(22)29)12-16(23(17)35-26)24(34)30-11-10-14-6-8-15(27)9-7-14/h3-9,12,25,31-33H,10-11,13H2,1-2H3,(H,30,34). The number of hydrogen-bond donors (Lipinski definition) is 4. The van der Waals surface area contributed by atoms with Crippen LogP contribution in [-0.2, 0) is 12.8 Å². The monoisotopic (exact) mass is 530 g/mol. The summed E-state index contributed by atoms with van der Waals surface area (Å²) in [5.41, 5.74) is 4.50. The molecule has 0 spiro atoms. The zero-order chi connectivity index (χ0) is 24.7. The second-order valence-corrected chi connectivity index (χ2v) is 10.5. The molecule has 0 fully saturated rings. The minimum absolute atomic E-state index is 0.178. The third kappa shape index (κ3) is 4.96. The highest BCUT2D eigenvalue weighted by atomic mass is 35.5. The average molecular weight is 532 g/mol. The van der Waals surface area contributed by atoms with E-state index < -0.39 is 5.60 Å². The molecule has 0 saturated carbocycles. The van der Waals surface area contributed by atoms with Crippen LogP contribution in [0.25, 0.3) is 0 Å². The van der Waals surface area contributed by atoms with Crippen molar-refractivity contribution in [2.45, 2.75) is 38.6 Å². The Labute approximate surface area is 219 Å². The Hall–Kier alpha value is -2.80. The van der Waals surface area contributed by atoms with Crippen molar-refractivity contribution in [3.8, 4) is 5.75 Å². The van der Waals surface area contributed by atoms with Crippen LogP contribution in [0.2, 0.25) is 15.1 Å². The predicted octanol–water partition coefficient (Wildman–Crippen LogP) is 6.57. The average Bonchev–Trinajstić information content (AvgIpc) is 3.36. The third-order valence-electron chi connectivity index (χ3n) is 6.06. The molecule has 5 rings (SSSR count). The van der Waals surface area contributed by atoms with E-state index in [4.69, 9.17) is 39.5 Å². The van der Waals surface area contributed by atoms with Gasteiger partial charge in [0.15, 0.2) is 6.29 Å². The fourth-order valence-corrected chi connectivity index (χ4v) is 5.08. The van der Waals surface area contributed by atoms with Crippen molar-refractivity contribution in [3.63, 3.8) is 0 Å². The first-order chi connectivity index (χ1) is 16.7. The number of halogens is 3. The molecule has 2 aliphatic rings. The molecule has 4 N–H and O–H groups in total. The van der Waals surface area contributed by atoms with Crippen molar-refractivity contribution in [1.29, 1.82) is 0 Å². The van der Waals surface area contributed by atoms with E-state index in [2.05, 4.69) is 21.3 Å². The molecule has 182 valence electrons. The lowest BCUT2D eigenvalue weighted by Crippen LogP contribution is -2.32. The SMILES string of the molecule is CC1(C)Cc2c3c(cc(C(=O)NCCc4ccc(Cl)cc4)c2O1)NC(Nc1c(Cl)cccc1Cl)N3. The molecule has 6 nitrogen and oxygen atoms in total. The van der Waals surface area contributed by atoms with Gasteiger partial charge in [0, 0.05) is 23.6 Å². The number of fused-ring (bicyclic) bond motifs is 3. The van der Waals surface area contributed by atoms with Crippen molar-refractivity contribution in [2.75, 3.05) is 22.5 Å². The predicted molar refractivity (Wildman–Crippen MR) is 143 cm³/mol. The van der Waals surface area contributed by atoms with Gasteiger partial charge in [0.05, 0.1) is 32.7 Å². The molecular formula is C26H25Cl3N4O2. The fraction of sp³-hybridized carbons (Fsp3) is 0.269. The van der Waals surface area contributed by atoms with E-state index in [-0.39, 0.29) is 12.2 Å². The summed E-state index contributed by atoms with van der Waals surface area (Å²) in [4.78, 5) is 13.2. The number of benzene rings is 3. The quantitative estimate of drug-likeness (QED) is 0.290. The van der Waals surface area contributed by atoms with Crippen LogP contribution < -0.4 is 26.0 Å². The van der Waals surface area contributed by atoms with Gasteiger partial charge in [0.1, 0.15) is 11.4 Å². The maximum absolute atomic E-state index is 13.2. The number of ether oxygens (including phenoxy) is 1. The van der Waals surface area contributed by atoms with Crippen molar-refractivity contribution in [3.05, 3.63) is 80.3 Å². The Balaban J connectivity index is 1.36. The highest BCUT2D eigenvalue weighted by molar-refractivity contribution is 6.39. The van der Waals surface area contributed by atoms with Crippen LogP contribution in [0.3, 0.4) is 0 Å². The highest BCUT2D eigenvalue weighted by Gasteiger charge is 2.39. The molecule has 35 heavy (non-hydrogen) atoms. The summed E-state index contributed by atoms with van der Waals surface area (Å²) in [5.74, 6) is 0.437. The highest BCUT2D eigenvalue weighted by Crippen LogP contribution is 2.48. The molecule has 9 heteroatoms. The van der Waals surface area contributed by atoms with Crippen LogP contribution in [0.5, 0.6) is 5.75 Å². The van der Waals surface area contributed by atoms with Gasteiger partial charge in [-0.2, -0.15) is 0 Å². The van der Waals surface area contributed by atoms with Gasteiger partial charge in [0.25, 0.3) is 5.91 Å². The van der Waals surface area contributed by atoms with Crippen LogP contribution in [-0.4, -0.2) is 24.3 Å². The first-order valence-electron chi connectivity index (χ1n) is 11.4. The van der Waals surface area contributed by atoms with Crippen molar-refractivity contribution in [1.82, 2.24) is 5.32 Å². The maximum Gasteiger partial charge on any atom is 0.255 e. The van der Waals surface area contributed by atoms with E-state index in [1.165, 1.54) is 0 Å². The molecule has 0 aromatic heterocycles. The van der Waals surface area contributed by atoms with Crippen molar-refractivity contribution < 1.29 is 9.53 Å². The number of para-hydroxylation sites is 1. The minimum Gasteiger partial charge on any atom is -0.486 e. The zero-order valence-corrected chi connectivity index (χ0v) is 21.5. The van der Waals surface area contributed by atoms with Gasteiger partial charge in [-0.25, -0.2) is 0 Å². The minimum atomic E-state index is -0.422. The van der Waals surface area contributed by atoms with Crippen molar-refractivity contribution >= 4 is 57.8 Å². The summed E-state index contributed by atoms with van der Waals surface area (Å²) < 4.78 is 6.24. The summed E-state index contributed by atoms with van der Waals surface area (Å²) in [5, 5.41) is 14.9. The van der Waals surface area contributed by atoms with Gasteiger partial charge in [-0.1, -0.05) is 53.0 Å². The van der Waals surface area contributed by atoms with Gasteiger partial charge in [-0.3, -0.25) is 4.79 Å². The van der Waals surface area contributed by atoms with Gasteiger partial charge in [0.2, 0.25) is 0 Å². The van der Waals surface area contributed by atoms with Crippen molar-refractivity contribution in [2.24, 2.45) is 0 Å². The molecule has 0 radical (unpaired) electrons. The van der Waals surface area contributed by atoms with Gasteiger partial charge < -0.3 is 26.0 Å². The largest absolute Gasteiger partial charge is 0.486 e. The molecule has 1 unspecified atom stereocenters. The Morgan fingerprint density at radius 1 is 1.09 bits per heavy atom. The van der Waals surface area contributed by atoms with E-state index >= 15 is 0 Å². The van der Waals surface area contributed by atoms with E-state index in [1.807, 2.05) is 44.2 Å². The number of amides is 1. The molecular weight excluding hydrogens is 507 g/mol. The van der Waals surface area contributed by atoms with E-state index in [0.29, 0.717) is 51.5 Å². The second kappa shape index (κ2) is 9.34. The lowest BCUT2D eigenvalue weighted by molar-refractivity contribution is 0.0940. The molecule has 0 bridgehead atoms. The first-order valence-corrected chi connectivity index (χ1v) is 12.5. The lowest BCUT2D eigenvalue weighted by atomic mass is 9.97. The Kier molecular flexibility index (Phi) is 6.38. The molecule has 0 saturated heterocycles. The molecule has 1 amide bonds. The third-order valence-corrected chi connectivity index (χ3v) is 6.94. The fourth-order valence-electron chi connectivity index (χ4n) is 4.45. The second-order valence-electron chi connectivity index (χ2n) is 9.29. The summed E-state index contributed by atoms with van der Waals surface area (Å²) in [6.45, 7) is 4.53. The van der Waals surface area contributed by atoms with Crippen LogP contribution in [0.4, 0.5) is 17.1 Å². The number of hydrogen-bond acceptors (Lipinski definition) is 5. The molecule has 1 atom stereocenters. The summed E-state index contributed by atoms with van der Waals surface area (Å²) in [7, 11) is 0. The summed E-state index contributed by atoms with van der Waals surface area (Å²) in [6, 6.07) is 14.8. The maximum atomic E-state index is 13.2. The Bertz CT molecular complexity index is 1270. The lowest BCUT2D eigenvalue weighted by Gasteiger charge is -2.19. The van der Waals surface area contributed by atoms with Gasteiger partial charge >= 0.3 is 0 Å². The Morgan fingerprint density at radius 3 is 2.51 bits per heavy atom. The van der Waals surface area contributed by atoms with Gasteiger partial charge in [-0.15, -0.1) is 0 Å². The molecule has 3 aromatic rings. The zero-order valence-electron chi connectivity index (χ0n) is 19.3. The summed E-state index contributed by atoms with van der Waals surface area (Å²) >= 11 is 18.6. The first kappa shape index (κ1) is 23.9. The van der Waals surface area contributed by atoms with E-state index in [9.17, 15) is 4.79 Å². The van der Waals surface area contributed by atoms with E-state index in [1.54, 1.807) is 18.2 Å². The topological polar surface area (TPSA) is 74.4 Å². The number of rotatable bonds is 6. The Morgan fingerprint density at radius 2 is 1.80 bits per heavy atom. The van der Waals surface area contributed by atoms with Crippen LogP contribution in [0.15, 0.2) is 48.5 Å². The smallest absolute Gasteiger partial charge is 0.255 e. The molecule has 0 aliphatic carbocycles. The number of anilines is 3.